The van der Waals surface area contributed by atoms with Gasteiger partial charge in [-0.2, -0.15) is 39.5 Å². The quantitative estimate of drug-likeness (QED) is 0.216. The van der Waals surface area contributed by atoms with E-state index < -0.39 is 86.8 Å². The number of alkyl halides is 9. The number of benzene rings is 2. The molecule has 0 aliphatic heterocycles. The third-order valence-corrected chi connectivity index (χ3v) is 8.65. The number of carbonyl (C=O) groups excluding carboxylic acids is 1. The monoisotopic (exact) mass is 753 g/mol. The molecule has 0 saturated carbocycles. The largest absolute Gasteiger partial charge is 0.417 e. The first kappa shape index (κ1) is 34.6. The fourth-order valence-electron chi connectivity index (χ4n) is 3.37. The number of nitrogens with one attached hydrogen (secondary N) is 1. The zero-order valence-corrected chi connectivity index (χ0v) is 24.4. The lowest BCUT2D eigenvalue weighted by Gasteiger charge is -2.20. The summed E-state index contributed by atoms with van der Waals surface area (Å²) in [5.41, 5.74) is -4.20. The van der Waals surface area contributed by atoms with Gasteiger partial charge in [0.25, 0.3) is 5.91 Å². The Balaban J connectivity index is 2.44. The van der Waals surface area contributed by atoms with Gasteiger partial charge in [-0.05, 0) is 74.7 Å². The highest BCUT2D eigenvalue weighted by molar-refractivity contribution is 9.11. The highest BCUT2D eigenvalue weighted by atomic mass is 79.9. The number of hydrogen-bond donors (Lipinski definition) is 1. The Bertz CT molecular complexity index is 1290. The fraction of sp³-hybridized carbons (Fsp3) is 0.348. The highest BCUT2D eigenvalue weighted by Gasteiger charge is 2.41. The summed E-state index contributed by atoms with van der Waals surface area (Å²) in [6, 6.07) is 1.97. The number of rotatable bonds is 8. The van der Waals surface area contributed by atoms with Crippen LogP contribution in [0.15, 0.2) is 45.4 Å². The summed E-state index contributed by atoms with van der Waals surface area (Å²) in [7, 11) is -2.48. The molecule has 0 aliphatic rings. The van der Waals surface area contributed by atoms with Gasteiger partial charge in [-0.1, -0.05) is 17.7 Å². The molecule has 1 amide bonds. The van der Waals surface area contributed by atoms with Crippen LogP contribution < -0.4 is 5.32 Å². The van der Waals surface area contributed by atoms with Crippen LogP contribution >= 0.6 is 43.5 Å². The minimum absolute atomic E-state index is 0.0266. The molecule has 3 unspecified atom stereocenters. The van der Waals surface area contributed by atoms with E-state index in [4.69, 9.17) is 11.6 Å². The smallest absolute Gasteiger partial charge is 0.349 e. The Morgan fingerprint density at radius 2 is 1.57 bits per heavy atom. The van der Waals surface area contributed by atoms with Gasteiger partial charge in [-0.15, -0.1) is 0 Å². The molecule has 0 heterocycles. The number of halogens is 13. The van der Waals surface area contributed by atoms with Gasteiger partial charge in [-0.25, -0.2) is 4.39 Å². The SMILES string of the molecule is CC(CS(=O)CC(F)(F)F)NC(=O)c1ccc(/C(F)=C/C(c2cc(Br)c(Cl)c(Br)c2)C(F)(F)F)cc1C(F)(F)F. The van der Waals surface area contributed by atoms with E-state index in [1.54, 1.807) is 0 Å². The Kier molecular flexibility index (Phi) is 11.3. The van der Waals surface area contributed by atoms with Crippen molar-refractivity contribution in [1.29, 1.82) is 0 Å². The maximum absolute atomic E-state index is 15.0. The summed E-state index contributed by atoms with van der Waals surface area (Å²) in [6.07, 6.45) is -15.0. The standard InChI is InChI=1S/C23H16Br2ClF10NO2S/c1-10(8-40(39)9-21(28,29)30)37-20(38)13-3-2-11(4-15(13)23(34,35)36)18(27)7-14(22(31,32)33)12-5-16(24)19(26)17(25)6-12/h2-7,10,14H,8-9H2,1H3,(H,37,38)/b18-7-. The van der Waals surface area contributed by atoms with Crippen LogP contribution in [0.1, 0.15) is 39.9 Å². The Morgan fingerprint density at radius 1 is 1.02 bits per heavy atom. The molecule has 0 fully saturated rings. The van der Waals surface area contributed by atoms with Gasteiger partial charge in [0.05, 0.1) is 16.1 Å². The molecule has 1 N–H and O–H groups in total. The van der Waals surface area contributed by atoms with Crippen molar-refractivity contribution in [3.05, 3.63) is 72.6 Å². The van der Waals surface area contributed by atoms with Crippen molar-refractivity contribution < 1.29 is 52.9 Å². The van der Waals surface area contributed by atoms with E-state index in [0.29, 0.717) is 12.1 Å². The predicted octanol–water partition coefficient (Wildman–Crippen LogP) is 8.97. The number of hydrogen-bond acceptors (Lipinski definition) is 2. The third-order valence-electron chi connectivity index (χ3n) is 5.01. The van der Waals surface area contributed by atoms with E-state index in [2.05, 4.69) is 31.9 Å². The van der Waals surface area contributed by atoms with Crippen LogP contribution in [0.5, 0.6) is 0 Å². The van der Waals surface area contributed by atoms with Crippen molar-refractivity contribution in [3.8, 4) is 0 Å². The van der Waals surface area contributed by atoms with Crippen LogP contribution in [0.2, 0.25) is 5.02 Å². The molecule has 0 aliphatic carbocycles. The minimum atomic E-state index is -5.28. The van der Waals surface area contributed by atoms with Crippen LogP contribution in [-0.2, 0) is 17.0 Å². The van der Waals surface area contributed by atoms with Gasteiger partial charge in [0.15, 0.2) is 0 Å². The summed E-state index contributed by atoms with van der Waals surface area (Å²) in [6.45, 7) is 1.11. The van der Waals surface area contributed by atoms with Crippen molar-refractivity contribution >= 4 is 66.0 Å². The summed E-state index contributed by atoms with van der Waals surface area (Å²) < 4.78 is 146. The minimum Gasteiger partial charge on any atom is -0.349 e. The first-order chi connectivity index (χ1) is 18.1. The Labute approximate surface area is 245 Å². The highest BCUT2D eigenvalue weighted by Crippen LogP contribution is 2.43. The zero-order chi connectivity index (χ0) is 30.8. The number of amides is 1. The Morgan fingerprint density at radius 3 is 2.05 bits per heavy atom. The van der Waals surface area contributed by atoms with Gasteiger partial charge in [0.2, 0.25) is 0 Å². The molecule has 222 valence electrons. The molecule has 40 heavy (non-hydrogen) atoms. The van der Waals surface area contributed by atoms with Crippen molar-refractivity contribution in [2.45, 2.75) is 37.4 Å². The average Bonchev–Trinajstić information content (AvgIpc) is 2.77. The number of carbonyl (C=O) groups is 1. The second kappa shape index (κ2) is 13.1. The zero-order valence-electron chi connectivity index (χ0n) is 19.7. The lowest BCUT2D eigenvalue weighted by Crippen LogP contribution is -2.38. The molecule has 17 heteroatoms. The molecule has 2 aromatic carbocycles. The molecule has 0 bridgehead atoms. The molecular weight excluding hydrogens is 740 g/mol. The average molecular weight is 756 g/mol. The van der Waals surface area contributed by atoms with Crippen LogP contribution in [0, 0.1) is 0 Å². The van der Waals surface area contributed by atoms with Crippen molar-refractivity contribution in [2.24, 2.45) is 0 Å². The van der Waals surface area contributed by atoms with Crippen LogP contribution in [-0.4, -0.2) is 40.0 Å². The van der Waals surface area contributed by atoms with Gasteiger partial charge in [0, 0.05) is 37.1 Å². The maximum atomic E-state index is 15.0. The molecule has 3 nitrogen and oxygen atoms in total. The van der Waals surface area contributed by atoms with E-state index in [1.165, 1.54) is 0 Å². The van der Waals surface area contributed by atoms with Crippen molar-refractivity contribution in [3.63, 3.8) is 0 Å². The van der Waals surface area contributed by atoms with E-state index in [9.17, 15) is 52.9 Å². The lowest BCUT2D eigenvalue weighted by molar-refractivity contribution is -0.140. The van der Waals surface area contributed by atoms with Crippen LogP contribution in [0.25, 0.3) is 5.83 Å². The van der Waals surface area contributed by atoms with E-state index in [-0.39, 0.29) is 26.1 Å². The molecule has 0 spiro atoms. The first-order valence-electron chi connectivity index (χ1n) is 10.6. The predicted molar refractivity (Wildman–Crippen MR) is 137 cm³/mol. The fourth-order valence-corrected chi connectivity index (χ4v) is 5.82. The number of allylic oxidation sites excluding steroid dienone is 1. The summed E-state index contributed by atoms with van der Waals surface area (Å²) >= 11 is 11.8. The normalized spacial score (nSPS) is 15.5. The second-order valence-electron chi connectivity index (χ2n) is 8.33. The molecule has 3 atom stereocenters. The maximum Gasteiger partial charge on any atom is 0.417 e. The van der Waals surface area contributed by atoms with E-state index in [0.717, 1.165) is 19.1 Å². The molecule has 2 rings (SSSR count). The summed E-state index contributed by atoms with van der Waals surface area (Å²) in [5.74, 6) is -8.13. The van der Waals surface area contributed by atoms with E-state index in [1.807, 2.05) is 5.32 Å². The van der Waals surface area contributed by atoms with Gasteiger partial charge < -0.3 is 5.32 Å². The third kappa shape index (κ3) is 9.72. The molecule has 0 radical (unpaired) electrons. The summed E-state index contributed by atoms with van der Waals surface area (Å²) in [4.78, 5) is 12.4. The topological polar surface area (TPSA) is 46.2 Å². The molecule has 2 aromatic rings. The van der Waals surface area contributed by atoms with Crippen LogP contribution in [0.4, 0.5) is 43.9 Å². The first-order valence-corrected chi connectivity index (χ1v) is 14.1. The van der Waals surface area contributed by atoms with Crippen molar-refractivity contribution in [2.75, 3.05) is 11.5 Å². The van der Waals surface area contributed by atoms with E-state index >= 15 is 0 Å². The van der Waals surface area contributed by atoms with Crippen LogP contribution in [0.3, 0.4) is 0 Å². The summed E-state index contributed by atoms with van der Waals surface area (Å²) in [5, 5.41) is 2.01. The Hall–Kier alpha value is -1.65. The molecule has 0 aromatic heterocycles. The van der Waals surface area contributed by atoms with Gasteiger partial charge in [0.1, 0.15) is 17.5 Å². The molecule has 0 saturated heterocycles. The van der Waals surface area contributed by atoms with Gasteiger partial charge >= 0.3 is 18.5 Å². The second-order valence-corrected chi connectivity index (χ2v) is 11.9. The molecular formula is C23H16Br2ClF10NO2S. The van der Waals surface area contributed by atoms with Gasteiger partial charge in [-0.3, -0.25) is 9.00 Å². The van der Waals surface area contributed by atoms with Crippen molar-refractivity contribution in [1.82, 2.24) is 5.32 Å². The lowest BCUT2D eigenvalue weighted by atomic mass is 9.95.